The second kappa shape index (κ2) is 3.26. The number of hydrogen-bond acceptors (Lipinski definition) is 3. The van der Waals surface area contributed by atoms with Crippen LogP contribution in [0.15, 0.2) is 18.5 Å². The highest BCUT2D eigenvalue weighted by Crippen LogP contribution is 2.22. The number of hydrogen-bond donors (Lipinski definition) is 2. The molecule has 0 aliphatic carbocycles. The van der Waals surface area contributed by atoms with Gasteiger partial charge in [-0.15, -0.1) is 0 Å². The minimum absolute atomic E-state index is 0.222. The van der Waals surface area contributed by atoms with Gasteiger partial charge in [-0.05, 0) is 6.07 Å². The van der Waals surface area contributed by atoms with E-state index in [0.29, 0.717) is 10.7 Å². The summed E-state index contributed by atoms with van der Waals surface area (Å²) in [6.07, 6.45) is 2.66. The highest BCUT2D eigenvalue weighted by Gasteiger charge is 2.09. The summed E-state index contributed by atoms with van der Waals surface area (Å²) >= 11 is 5.68. The minimum Gasteiger partial charge on any atom is -0.369 e. The van der Waals surface area contributed by atoms with Gasteiger partial charge >= 0.3 is 0 Å². The molecule has 0 aromatic carbocycles. The molecule has 0 fully saturated rings. The first-order valence-electron chi connectivity index (χ1n) is 3.78. The topological polar surface area (TPSA) is 67.6 Å². The second-order valence-electron chi connectivity index (χ2n) is 2.67. The number of nitrogens with two attached hydrogens (primary N) is 1. The number of halogens is 2. The number of pyridine rings is 1. The fraction of sp³-hybridized carbons (Fsp3) is 0. The maximum atomic E-state index is 13.2. The number of aromatic amines is 1. The normalized spacial score (nSPS) is 10.4. The summed E-state index contributed by atoms with van der Waals surface area (Å²) in [5.74, 6) is -0.391. The standard InChI is InChI=1S/C8H6ClFN4/c9-4-1-5(7(10)12-2-4)6-3-13-8(11)14-6/h1-3H,(H3,11,13,14). The monoisotopic (exact) mass is 212 g/mol. The van der Waals surface area contributed by atoms with E-state index in [2.05, 4.69) is 15.0 Å². The highest BCUT2D eigenvalue weighted by molar-refractivity contribution is 6.30. The predicted octanol–water partition coefficient (Wildman–Crippen LogP) is 1.85. The molecule has 2 aromatic heterocycles. The number of H-pyrrole nitrogens is 1. The van der Waals surface area contributed by atoms with E-state index in [1.807, 2.05) is 0 Å². The Bertz CT molecular complexity index is 468. The first-order chi connectivity index (χ1) is 6.66. The zero-order chi connectivity index (χ0) is 10.1. The predicted molar refractivity (Wildman–Crippen MR) is 51.2 cm³/mol. The highest BCUT2D eigenvalue weighted by atomic mass is 35.5. The Morgan fingerprint density at radius 2 is 2.14 bits per heavy atom. The molecule has 14 heavy (non-hydrogen) atoms. The van der Waals surface area contributed by atoms with Crippen LogP contribution >= 0.6 is 11.6 Å². The summed E-state index contributed by atoms with van der Waals surface area (Å²) in [4.78, 5) is 9.91. The lowest BCUT2D eigenvalue weighted by atomic mass is 10.2. The average Bonchev–Trinajstić information content (AvgIpc) is 2.56. The molecule has 3 N–H and O–H groups in total. The fourth-order valence-electron chi connectivity index (χ4n) is 1.08. The van der Waals surface area contributed by atoms with E-state index in [1.165, 1.54) is 18.5 Å². The van der Waals surface area contributed by atoms with E-state index in [0.717, 1.165) is 0 Å². The Hall–Kier alpha value is -1.62. The van der Waals surface area contributed by atoms with E-state index in [4.69, 9.17) is 17.3 Å². The van der Waals surface area contributed by atoms with Gasteiger partial charge in [0.2, 0.25) is 5.95 Å². The van der Waals surface area contributed by atoms with Crippen molar-refractivity contribution in [3.8, 4) is 11.3 Å². The third-order valence-electron chi connectivity index (χ3n) is 1.69. The molecule has 4 nitrogen and oxygen atoms in total. The molecule has 2 heterocycles. The van der Waals surface area contributed by atoms with E-state index in [-0.39, 0.29) is 11.5 Å². The number of nitrogen functional groups attached to an aromatic ring is 1. The van der Waals surface area contributed by atoms with E-state index in [9.17, 15) is 4.39 Å². The third-order valence-corrected chi connectivity index (χ3v) is 1.90. The molecule has 0 aliphatic rings. The van der Waals surface area contributed by atoms with Gasteiger partial charge in [-0.2, -0.15) is 4.39 Å². The fourth-order valence-corrected chi connectivity index (χ4v) is 1.24. The average molecular weight is 213 g/mol. The van der Waals surface area contributed by atoms with Gasteiger partial charge in [-0.3, -0.25) is 0 Å². The Kier molecular flexibility index (Phi) is 2.09. The van der Waals surface area contributed by atoms with Crippen LogP contribution in [0.5, 0.6) is 0 Å². The Morgan fingerprint density at radius 1 is 1.36 bits per heavy atom. The zero-order valence-corrected chi connectivity index (χ0v) is 7.72. The molecular weight excluding hydrogens is 207 g/mol. The number of nitrogens with zero attached hydrogens (tertiary/aromatic N) is 2. The van der Waals surface area contributed by atoms with Gasteiger partial charge < -0.3 is 10.7 Å². The van der Waals surface area contributed by atoms with Crippen molar-refractivity contribution in [2.24, 2.45) is 0 Å². The number of aromatic nitrogens is 3. The lowest BCUT2D eigenvalue weighted by Gasteiger charge is -1.98. The molecule has 72 valence electrons. The van der Waals surface area contributed by atoms with Crippen molar-refractivity contribution in [3.63, 3.8) is 0 Å². The number of rotatable bonds is 1. The van der Waals surface area contributed by atoms with E-state index < -0.39 is 5.95 Å². The van der Waals surface area contributed by atoms with Crippen molar-refractivity contribution >= 4 is 17.5 Å². The van der Waals surface area contributed by atoms with Crippen LogP contribution in [-0.4, -0.2) is 15.0 Å². The van der Waals surface area contributed by atoms with E-state index >= 15 is 0 Å². The summed E-state index contributed by atoms with van der Waals surface area (Å²) in [7, 11) is 0. The molecule has 2 aromatic rings. The Balaban J connectivity index is 2.55. The van der Waals surface area contributed by atoms with Crippen LogP contribution in [0, 0.1) is 5.95 Å². The summed E-state index contributed by atoms with van der Waals surface area (Å²) in [5, 5.41) is 0.356. The SMILES string of the molecule is Nc1ncc(-c2cc(Cl)cnc2F)[nH]1. The number of imidazole rings is 1. The lowest BCUT2D eigenvalue weighted by Crippen LogP contribution is -1.90. The van der Waals surface area contributed by atoms with Crippen molar-refractivity contribution in [1.29, 1.82) is 0 Å². The molecule has 2 rings (SSSR count). The summed E-state index contributed by atoms with van der Waals surface area (Å²) in [6.45, 7) is 0. The first-order valence-corrected chi connectivity index (χ1v) is 4.16. The molecule has 6 heteroatoms. The van der Waals surface area contributed by atoms with Gasteiger partial charge in [0.25, 0.3) is 0 Å². The molecular formula is C8H6ClFN4. The van der Waals surface area contributed by atoms with Gasteiger partial charge in [0, 0.05) is 6.20 Å². The van der Waals surface area contributed by atoms with Gasteiger partial charge in [0.1, 0.15) is 0 Å². The summed E-state index contributed by atoms with van der Waals surface area (Å²) in [6, 6.07) is 1.46. The lowest BCUT2D eigenvalue weighted by molar-refractivity contribution is 0.587. The molecule has 0 saturated carbocycles. The van der Waals surface area contributed by atoms with Crippen LogP contribution in [0.1, 0.15) is 0 Å². The van der Waals surface area contributed by atoms with Crippen molar-refractivity contribution in [3.05, 3.63) is 29.4 Å². The Labute approximate surface area is 83.9 Å². The van der Waals surface area contributed by atoms with Gasteiger partial charge in [-0.25, -0.2) is 9.97 Å². The maximum absolute atomic E-state index is 13.2. The van der Waals surface area contributed by atoms with Crippen LogP contribution in [-0.2, 0) is 0 Å². The second-order valence-corrected chi connectivity index (χ2v) is 3.11. The minimum atomic E-state index is -0.613. The van der Waals surface area contributed by atoms with E-state index in [1.54, 1.807) is 0 Å². The maximum Gasteiger partial charge on any atom is 0.222 e. The van der Waals surface area contributed by atoms with Gasteiger partial charge in [-0.1, -0.05) is 11.6 Å². The third kappa shape index (κ3) is 1.54. The zero-order valence-electron chi connectivity index (χ0n) is 6.96. The largest absolute Gasteiger partial charge is 0.369 e. The van der Waals surface area contributed by atoms with Gasteiger partial charge in [0.15, 0.2) is 5.95 Å². The van der Waals surface area contributed by atoms with Gasteiger partial charge in [0.05, 0.1) is 22.5 Å². The van der Waals surface area contributed by atoms with Crippen LogP contribution in [0.3, 0.4) is 0 Å². The van der Waals surface area contributed by atoms with Crippen molar-refractivity contribution in [1.82, 2.24) is 15.0 Å². The van der Waals surface area contributed by atoms with Crippen LogP contribution in [0.4, 0.5) is 10.3 Å². The summed E-state index contributed by atoms with van der Waals surface area (Å²) < 4.78 is 13.2. The smallest absolute Gasteiger partial charge is 0.222 e. The molecule has 0 saturated heterocycles. The number of anilines is 1. The molecule has 0 amide bonds. The molecule has 0 aliphatic heterocycles. The quantitative estimate of drug-likeness (QED) is 0.709. The van der Waals surface area contributed by atoms with Crippen LogP contribution < -0.4 is 5.73 Å². The van der Waals surface area contributed by atoms with Crippen molar-refractivity contribution in [2.45, 2.75) is 0 Å². The van der Waals surface area contributed by atoms with Crippen molar-refractivity contribution < 1.29 is 4.39 Å². The molecule has 0 radical (unpaired) electrons. The first kappa shape index (κ1) is 8.96. The van der Waals surface area contributed by atoms with Crippen molar-refractivity contribution in [2.75, 3.05) is 5.73 Å². The summed E-state index contributed by atoms with van der Waals surface area (Å²) in [5.41, 5.74) is 6.07. The molecule has 0 spiro atoms. The number of nitrogens with one attached hydrogen (secondary N) is 1. The molecule has 0 unspecified atom stereocenters. The molecule has 0 bridgehead atoms. The van der Waals surface area contributed by atoms with Crippen LogP contribution in [0.25, 0.3) is 11.3 Å². The molecule has 0 atom stereocenters. The van der Waals surface area contributed by atoms with Crippen LogP contribution in [0.2, 0.25) is 5.02 Å². The Morgan fingerprint density at radius 3 is 2.79 bits per heavy atom.